The van der Waals surface area contributed by atoms with E-state index in [9.17, 15) is 4.79 Å². The number of ether oxygens (including phenoxy) is 1. The highest BCUT2D eigenvalue weighted by atomic mass is 16.5. The Balaban J connectivity index is 2.02. The van der Waals surface area contributed by atoms with E-state index in [-0.39, 0.29) is 5.97 Å². The normalized spacial score (nSPS) is 18.0. The minimum absolute atomic E-state index is 0.0595. The maximum atomic E-state index is 11.5. The first-order valence-electron chi connectivity index (χ1n) is 6.68. The molecule has 1 aromatic rings. The summed E-state index contributed by atoms with van der Waals surface area (Å²) in [6.07, 6.45) is 3.70. The molecule has 2 rings (SSSR count). The van der Waals surface area contributed by atoms with E-state index in [4.69, 9.17) is 4.74 Å². The molecule has 1 atom stereocenters. The lowest BCUT2D eigenvalue weighted by atomic mass is 9.82. The lowest BCUT2D eigenvalue weighted by Crippen LogP contribution is -2.19. The second-order valence-electron chi connectivity index (χ2n) is 4.85. The number of benzene rings is 1. The van der Waals surface area contributed by atoms with Crippen LogP contribution >= 0.6 is 0 Å². The number of hydrogen-bond donors (Lipinski definition) is 1. The van der Waals surface area contributed by atoms with Crippen LogP contribution in [0, 0.1) is 5.92 Å². The molecule has 1 N–H and O–H groups in total. The molecule has 0 aromatic heterocycles. The van der Waals surface area contributed by atoms with Crippen molar-refractivity contribution in [3.05, 3.63) is 29.3 Å². The Hall–Kier alpha value is -1.51. The third-order valence-electron chi connectivity index (χ3n) is 3.59. The van der Waals surface area contributed by atoms with Crippen LogP contribution in [0.1, 0.15) is 30.9 Å². The van der Waals surface area contributed by atoms with Gasteiger partial charge >= 0.3 is 5.97 Å². The Morgan fingerprint density at radius 2 is 2.28 bits per heavy atom. The highest BCUT2D eigenvalue weighted by Gasteiger charge is 2.21. The van der Waals surface area contributed by atoms with Crippen molar-refractivity contribution in [3.8, 4) is 0 Å². The third-order valence-corrected chi connectivity index (χ3v) is 3.59. The zero-order valence-electron chi connectivity index (χ0n) is 11.2. The van der Waals surface area contributed by atoms with E-state index in [1.807, 2.05) is 14.0 Å². The molecule has 18 heavy (non-hydrogen) atoms. The van der Waals surface area contributed by atoms with Crippen molar-refractivity contribution in [2.45, 2.75) is 32.6 Å². The van der Waals surface area contributed by atoms with Crippen LogP contribution in [0.3, 0.4) is 0 Å². The molecule has 1 aromatic carbocycles. The Bertz CT molecular complexity index is 429. The summed E-state index contributed by atoms with van der Waals surface area (Å²) >= 11 is 0. The molecule has 0 bridgehead atoms. The smallest absolute Gasteiger partial charge is 0.306 e. The minimum Gasteiger partial charge on any atom is -0.466 e. The van der Waals surface area contributed by atoms with Gasteiger partial charge in [-0.05, 0) is 55.4 Å². The molecule has 3 heteroatoms. The molecular formula is C15H21NO2. The number of rotatable bonds is 4. The van der Waals surface area contributed by atoms with Crippen molar-refractivity contribution < 1.29 is 9.53 Å². The van der Waals surface area contributed by atoms with Gasteiger partial charge in [0, 0.05) is 19.2 Å². The van der Waals surface area contributed by atoms with Gasteiger partial charge in [0.2, 0.25) is 0 Å². The molecule has 0 saturated heterocycles. The van der Waals surface area contributed by atoms with Crippen LogP contribution in [0.5, 0.6) is 0 Å². The first-order valence-corrected chi connectivity index (χ1v) is 6.68. The Morgan fingerprint density at radius 1 is 1.44 bits per heavy atom. The van der Waals surface area contributed by atoms with E-state index < -0.39 is 0 Å². The largest absolute Gasteiger partial charge is 0.466 e. The lowest BCUT2D eigenvalue weighted by molar-refractivity contribution is -0.144. The molecule has 0 saturated carbocycles. The molecule has 1 unspecified atom stereocenters. The fraction of sp³-hybridized carbons (Fsp3) is 0.533. The van der Waals surface area contributed by atoms with Crippen molar-refractivity contribution >= 4 is 11.7 Å². The van der Waals surface area contributed by atoms with Crippen LogP contribution in [0.15, 0.2) is 18.2 Å². The van der Waals surface area contributed by atoms with Gasteiger partial charge in [-0.25, -0.2) is 0 Å². The second-order valence-corrected chi connectivity index (χ2v) is 4.85. The second kappa shape index (κ2) is 5.89. The number of esters is 1. The number of carbonyl (C=O) groups is 1. The molecule has 0 fully saturated rings. The topological polar surface area (TPSA) is 38.3 Å². The number of aryl methyl sites for hydroxylation is 1. The Morgan fingerprint density at radius 3 is 3.00 bits per heavy atom. The van der Waals surface area contributed by atoms with E-state index in [1.165, 1.54) is 11.1 Å². The maximum absolute atomic E-state index is 11.5. The highest BCUT2D eigenvalue weighted by molar-refractivity contribution is 5.69. The van der Waals surface area contributed by atoms with E-state index in [0.29, 0.717) is 18.9 Å². The van der Waals surface area contributed by atoms with Crippen molar-refractivity contribution in [1.29, 1.82) is 0 Å². The standard InChI is InChI=1S/C15H21NO2/c1-3-18-15(17)9-11-4-5-12-6-7-14(16-2)10-13(12)8-11/h6-7,10-11,16H,3-5,8-9H2,1-2H3. The molecule has 0 amide bonds. The van der Waals surface area contributed by atoms with Gasteiger partial charge in [-0.15, -0.1) is 0 Å². The van der Waals surface area contributed by atoms with Gasteiger partial charge in [0.15, 0.2) is 0 Å². The van der Waals surface area contributed by atoms with Gasteiger partial charge in [0.1, 0.15) is 0 Å². The number of anilines is 1. The molecule has 0 heterocycles. The van der Waals surface area contributed by atoms with Gasteiger partial charge in [0.05, 0.1) is 6.61 Å². The van der Waals surface area contributed by atoms with Crippen LogP contribution < -0.4 is 5.32 Å². The molecule has 98 valence electrons. The van der Waals surface area contributed by atoms with Crippen molar-refractivity contribution in [3.63, 3.8) is 0 Å². The zero-order valence-corrected chi connectivity index (χ0v) is 11.2. The molecule has 0 spiro atoms. The zero-order chi connectivity index (χ0) is 13.0. The minimum atomic E-state index is -0.0595. The van der Waals surface area contributed by atoms with Gasteiger partial charge in [-0.3, -0.25) is 4.79 Å². The molecular weight excluding hydrogens is 226 g/mol. The predicted octanol–water partition coefficient (Wildman–Crippen LogP) is 2.79. The summed E-state index contributed by atoms with van der Waals surface area (Å²) in [6, 6.07) is 6.51. The number of fused-ring (bicyclic) bond motifs is 1. The average Bonchev–Trinajstić information content (AvgIpc) is 2.38. The monoisotopic (exact) mass is 247 g/mol. The summed E-state index contributed by atoms with van der Waals surface area (Å²) in [5, 5.41) is 3.16. The van der Waals surface area contributed by atoms with Gasteiger partial charge in [-0.2, -0.15) is 0 Å². The van der Waals surface area contributed by atoms with E-state index in [2.05, 4.69) is 23.5 Å². The summed E-state index contributed by atoms with van der Waals surface area (Å²) in [5.74, 6) is 0.374. The van der Waals surface area contributed by atoms with E-state index in [0.717, 1.165) is 24.9 Å². The van der Waals surface area contributed by atoms with Gasteiger partial charge in [0.25, 0.3) is 0 Å². The molecule has 0 radical (unpaired) electrons. The van der Waals surface area contributed by atoms with Crippen LogP contribution in [-0.2, 0) is 22.4 Å². The predicted molar refractivity (Wildman–Crippen MR) is 72.8 cm³/mol. The fourth-order valence-corrected chi connectivity index (χ4v) is 2.62. The Labute approximate surface area is 109 Å². The molecule has 3 nitrogen and oxygen atoms in total. The average molecular weight is 247 g/mol. The summed E-state index contributed by atoms with van der Waals surface area (Å²) < 4.78 is 5.03. The summed E-state index contributed by atoms with van der Waals surface area (Å²) in [4.78, 5) is 11.5. The molecule has 0 aliphatic heterocycles. The van der Waals surface area contributed by atoms with Crippen molar-refractivity contribution in [1.82, 2.24) is 0 Å². The number of hydrogen-bond acceptors (Lipinski definition) is 3. The first-order chi connectivity index (χ1) is 8.72. The van der Waals surface area contributed by atoms with Gasteiger partial charge < -0.3 is 10.1 Å². The van der Waals surface area contributed by atoms with E-state index >= 15 is 0 Å². The van der Waals surface area contributed by atoms with Crippen LogP contribution in [0.25, 0.3) is 0 Å². The maximum Gasteiger partial charge on any atom is 0.306 e. The molecule has 1 aliphatic carbocycles. The van der Waals surface area contributed by atoms with Crippen LogP contribution in [0.4, 0.5) is 5.69 Å². The lowest BCUT2D eigenvalue weighted by Gasteiger charge is -2.24. The van der Waals surface area contributed by atoms with Crippen molar-refractivity contribution in [2.75, 3.05) is 19.0 Å². The third kappa shape index (κ3) is 3.03. The molecule has 1 aliphatic rings. The first kappa shape index (κ1) is 12.9. The summed E-state index contributed by atoms with van der Waals surface area (Å²) in [6.45, 7) is 2.33. The number of nitrogens with one attached hydrogen (secondary N) is 1. The Kier molecular flexibility index (Phi) is 4.24. The number of carbonyl (C=O) groups excluding carboxylic acids is 1. The van der Waals surface area contributed by atoms with Crippen LogP contribution in [0.2, 0.25) is 0 Å². The van der Waals surface area contributed by atoms with Crippen molar-refractivity contribution in [2.24, 2.45) is 5.92 Å². The summed E-state index contributed by atoms with van der Waals surface area (Å²) in [5.41, 5.74) is 3.95. The fourth-order valence-electron chi connectivity index (χ4n) is 2.62. The summed E-state index contributed by atoms with van der Waals surface area (Å²) in [7, 11) is 1.93. The van der Waals surface area contributed by atoms with Gasteiger partial charge in [-0.1, -0.05) is 6.07 Å². The quantitative estimate of drug-likeness (QED) is 0.831. The highest BCUT2D eigenvalue weighted by Crippen LogP contribution is 2.29. The van der Waals surface area contributed by atoms with E-state index in [1.54, 1.807) is 0 Å². The SMILES string of the molecule is CCOC(=O)CC1CCc2ccc(NC)cc2C1. The van der Waals surface area contributed by atoms with Crippen LogP contribution in [-0.4, -0.2) is 19.6 Å².